The zero-order valence-corrected chi connectivity index (χ0v) is 12.3. The third kappa shape index (κ3) is 4.57. The summed E-state index contributed by atoms with van der Waals surface area (Å²) in [5, 5.41) is 11.7. The van der Waals surface area contributed by atoms with Crippen LogP contribution in [0.4, 0.5) is 0 Å². The summed E-state index contributed by atoms with van der Waals surface area (Å²) in [6.07, 6.45) is -0.621. The summed E-state index contributed by atoms with van der Waals surface area (Å²) in [7, 11) is 0. The molecule has 1 rings (SSSR count). The first kappa shape index (κ1) is 16.0. The number of rotatable bonds is 6. The van der Waals surface area contributed by atoms with Gasteiger partial charge in [-0.25, -0.2) is 4.79 Å². The van der Waals surface area contributed by atoms with Crippen LogP contribution in [-0.2, 0) is 4.79 Å². The molecule has 0 spiro atoms. The van der Waals surface area contributed by atoms with Crippen LogP contribution < -0.4 is 10.1 Å². The maximum atomic E-state index is 11.8. The number of benzene rings is 1. The molecule has 0 aliphatic carbocycles. The summed E-state index contributed by atoms with van der Waals surface area (Å²) < 4.78 is 5.52. The van der Waals surface area contributed by atoms with Gasteiger partial charge in [0.1, 0.15) is 5.75 Å². The van der Waals surface area contributed by atoms with Crippen molar-refractivity contribution in [3.8, 4) is 5.75 Å². The minimum Gasteiger partial charge on any atom is -0.481 e. The third-order valence-corrected chi connectivity index (χ3v) is 2.79. The molecule has 0 aliphatic rings. The Morgan fingerprint density at radius 3 is 2.45 bits per heavy atom. The molecule has 110 valence electrons. The summed E-state index contributed by atoms with van der Waals surface area (Å²) in [4.78, 5) is 22.7. The van der Waals surface area contributed by atoms with Gasteiger partial charge in [-0.05, 0) is 43.5 Å². The molecule has 1 amide bonds. The molecule has 1 atom stereocenters. The highest BCUT2D eigenvalue weighted by molar-refractivity contribution is 5.89. The van der Waals surface area contributed by atoms with Gasteiger partial charge in [-0.15, -0.1) is 0 Å². The monoisotopic (exact) mass is 279 g/mol. The highest BCUT2D eigenvalue weighted by atomic mass is 16.5. The molecule has 1 aromatic rings. The van der Waals surface area contributed by atoms with Crippen LogP contribution in [-0.4, -0.2) is 29.6 Å². The number of amides is 1. The Morgan fingerprint density at radius 2 is 1.95 bits per heavy atom. The molecule has 0 saturated carbocycles. The fraction of sp³-hybridized carbons (Fsp3) is 0.467. The predicted molar refractivity (Wildman–Crippen MR) is 76.1 cm³/mol. The first-order valence-electron chi connectivity index (χ1n) is 6.59. The Bertz CT molecular complexity index is 497. The van der Waals surface area contributed by atoms with E-state index >= 15 is 0 Å². The van der Waals surface area contributed by atoms with Crippen molar-refractivity contribution in [2.24, 2.45) is 5.92 Å². The smallest absolute Gasteiger partial charge is 0.335 e. The summed E-state index contributed by atoms with van der Waals surface area (Å²) >= 11 is 0. The number of ether oxygens (including phenoxy) is 1. The van der Waals surface area contributed by atoms with E-state index in [1.807, 2.05) is 13.8 Å². The van der Waals surface area contributed by atoms with E-state index in [4.69, 9.17) is 9.84 Å². The summed E-state index contributed by atoms with van der Waals surface area (Å²) in [6, 6.07) is 4.66. The van der Waals surface area contributed by atoms with Crippen molar-refractivity contribution in [1.29, 1.82) is 0 Å². The van der Waals surface area contributed by atoms with Gasteiger partial charge in [0.15, 0.2) is 6.10 Å². The van der Waals surface area contributed by atoms with Gasteiger partial charge in [0, 0.05) is 6.54 Å². The molecular weight excluding hydrogens is 258 g/mol. The molecule has 0 bridgehead atoms. The summed E-state index contributed by atoms with van der Waals surface area (Å²) in [6.45, 7) is 7.99. The van der Waals surface area contributed by atoms with Crippen molar-refractivity contribution in [3.63, 3.8) is 0 Å². The topological polar surface area (TPSA) is 75.6 Å². The maximum Gasteiger partial charge on any atom is 0.335 e. The number of hydrogen-bond donors (Lipinski definition) is 2. The third-order valence-electron chi connectivity index (χ3n) is 2.79. The van der Waals surface area contributed by atoms with E-state index in [1.54, 1.807) is 26.0 Å². The molecule has 5 heteroatoms. The second-order valence-electron chi connectivity index (χ2n) is 5.18. The maximum absolute atomic E-state index is 11.8. The minimum absolute atomic E-state index is 0.182. The van der Waals surface area contributed by atoms with Gasteiger partial charge in [-0.3, -0.25) is 4.79 Å². The second-order valence-corrected chi connectivity index (χ2v) is 5.18. The van der Waals surface area contributed by atoms with Crippen LogP contribution in [0.2, 0.25) is 0 Å². The highest BCUT2D eigenvalue weighted by Crippen LogP contribution is 2.18. The molecule has 1 aromatic carbocycles. The number of carbonyl (C=O) groups excluding carboxylic acids is 1. The van der Waals surface area contributed by atoms with Gasteiger partial charge in [-0.1, -0.05) is 13.8 Å². The minimum atomic E-state index is -0.975. The van der Waals surface area contributed by atoms with Crippen molar-refractivity contribution >= 4 is 11.9 Å². The first-order chi connectivity index (χ1) is 9.31. The van der Waals surface area contributed by atoms with Gasteiger partial charge >= 0.3 is 5.97 Å². The van der Waals surface area contributed by atoms with Crippen LogP contribution in [0.3, 0.4) is 0 Å². The Labute approximate surface area is 118 Å². The van der Waals surface area contributed by atoms with E-state index in [2.05, 4.69) is 5.32 Å². The predicted octanol–water partition coefficient (Wildman–Crippen LogP) is 2.23. The van der Waals surface area contributed by atoms with Gasteiger partial charge in [0.2, 0.25) is 0 Å². The van der Waals surface area contributed by atoms with Gasteiger partial charge in [-0.2, -0.15) is 0 Å². The van der Waals surface area contributed by atoms with Crippen LogP contribution in [0.15, 0.2) is 18.2 Å². The van der Waals surface area contributed by atoms with Crippen molar-refractivity contribution in [2.45, 2.75) is 33.8 Å². The molecule has 5 nitrogen and oxygen atoms in total. The second kappa shape index (κ2) is 6.93. The van der Waals surface area contributed by atoms with Gasteiger partial charge < -0.3 is 15.2 Å². The summed E-state index contributed by atoms with van der Waals surface area (Å²) in [5.41, 5.74) is 0.832. The average Bonchev–Trinajstić information content (AvgIpc) is 2.35. The number of aromatic carboxylic acids is 1. The molecule has 0 heterocycles. The number of carbonyl (C=O) groups is 2. The van der Waals surface area contributed by atoms with E-state index in [-0.39, 0.29) is 11.5 Å². The molecule has 0 radical (unpaired) electrons. The van der Waals surface area contributed by atoms with E-state index in [1.165, 1.54) is 6.07 Å². The quantitative estimate of drug-likeness (QED) is 0.837. The number of carboxylic acid groups (broad SMARTS) is 1. The molecule has 1 unspecified atom stereocenters. The Morgan fingerprint density at radius 1 is 1.30 bits per heavy atom. The fourth-order valence-electron chi connectivity index (χ4n) is 1.66. The van der Waals surface area contributed by atoms with Crippen LogP contribution in [0, 0.1) is 12.8 Å². The number of aryl methyl sites for hydroxylation is 1. The lowest BCUT2D eigenvalue weighted by Crippen LogP contribution is -2.38. The van der Waals surface area contributed by atoms with E-state index in [0.717, 1.165) is 0 Å². The van der Waals surface area contributed by atoms with Gasteiger partial charge in [0.25, 0.3) is 5.91 Å². The SMILES string of the molecule is Cc1cc(OC(C)C(=O)NCC(C)C)ccc1C(=O)O. The number of hydrogen-bond acceptors (Lipinski definition) is 3. The Hall–Kier alpha value is -2.04. The molecule has 20 heavy (non-hydrogen) atoms. The molecule has 0 aromatic heterocycles. The van der Waals surface area contributed by atoms with Crippen LogP contribution >= 0.6 is 0 Å². The zero-order valence-electron chi connectivity index (χ0n) is 12.3. The number of nitrogens with one attached hydrogen (secondary N) is 1. The van der Waals surface area contributed by atoms with Crippen molar-refractivity contribution in [2.75, 3.05) is 6.54 Å². The van der Waals surface area contributed by atoms with E-state index in [0.29, 0.717) is 23.8 Å². The standard InChI is InChI=1S/C15H21NO4/c1-9(2)8-16-14(17)11(4)20-12-5-6-13(15(18)19)10(3)7-12/h5-7,9,11H,8H2,1-4H3,(H,16,17)(H,18,19). The lowest BCUT2D eigenvalue weighted by atomic mass is 10.1. The largest absolute Gasteiger partial charge is 0.481 e. The lowest BCUT2D eigenvalue weighted by Gasteiger charge is -2.16. The van der Waals surface area contributed by atoms with E-state index < -0.39 is 12.1 Å². The summed E-state index contributed by atoms with van der Waals surface area (Å²) in [5.74, 6) is -0.293. The van der Waals surface area contributed by atoms with Crippen LogP contribution in [0.1, 0.15) is 36.7 Å². The molecule has 0 saturated heterocycles. The highest BCUT2D eigenvalue weighted by Gasteiger charge is 2.15. The normalized spacial score (nSPS) is 12.1. The van der Waals surface area contributed by atoms with E-state index in [9.17, 15) is 9.59 Å². The number of carboxylic acids is 1. The van der Waals surface area contributed by atoms with Gasteiger partial charge in [0.05, 0.1) is 5.56 Å². The Kier molecular flexibility index (Phi) is 5.55. The molecular formula is C15H21NO4. The van der Waals surface area contributed by atoms with Crippen LogP contribution in [0.5, 0.6) is 5.75 Å². The average molecular weight is 279 g/mol. The van der Waals surface area contributed by atoms with Crippen molar-refractivity contribution in [1.82, 2.24) is 5.32 Å². The van der Waals surface area contributed by atoms with Crippen molar-refractivity contribution in [3.05, 3.63) is 29.3 Å². The molecule has 2 N–H and O–H groups in total. The molecule has 0 fully saturated rings. The van der Waals surface area contributed by atoms with Crippen LogP contribution in [0.25, 0.3) is 0 Å². The zero-order chi connectivity index (χ0) is 15.3. The molecule has 0 aliphatic heterocycles. The Balaban J connectivity index is 2.66. The first-order valence-corrected chi connectivity index (χ1v) is 6.59. The van der Waals surface area contributed by atoms with Crippen molar-refractivity contribution < 1.29 is 19.4 Å². The fourth-order valence-corrected chi connectivity index (χ4v) is 1.66. The lowest BCUT2D eigenvalue weighted by molar-refractivity contribution is -0.127.